The van der Waals surface area contributed by atoms with E-state index >= 15 is 0 Å². The fourth-order valence-corrected chi connectivity index (χ4v) is 3.57. The average molecular weight is 262 g/mol. The van der Waals surface area contributed by atoms with Crippen molar-refractivity contribution in [3.8, 4) is 5.13 Å². The summed E-state index contributed by atoms with van der Waals surface area (Å²) >= 11 is 1.65. The second-order valence-corrected chi connectivity index (χ2v) is 6.76. The lowest BCUT2D eigenvalue weighted by Gasteiger charge is -2.33. The molecule has 0 spiro atoms. The van der Waals surface area contributed by atoms with Gasteiger partial charge < -0.3 is 5.11 Å². The molecule has 2 aromatic heterocycles. The van der Waals surface area contributed by atoms with Gasteiger partial charge in [-0.3, -0.25) is 4.57 Å². The minimum Gasteiger partial charge on any atom is -0.388 e. The highest BCUT2D eigenvalue weighted by Gasteiger charge is 2.33. The molecular formula is C14H18N2OS. The van der Waals surface area contributed by atoms with E-state index in [0.717, 1.165) is 29.2 Å². The van der Waals surface area contributed by atoms with Crippen molar-refractivity contribution in [2.24, 2.45) is 5.41 Å². The molecule has 18 heavy (non-hydrogen) atoms. The molecular weight excluding hydrogens is 244 g/mol. The van der Waals surface area contributed by atoms with Crippen molar-refractivity contribution in [3.63, 3.8) is 0 Å². The van der Waals surface area contributed by atoms with Gasteiger partial charge in [0.1, 0.15) is 0 Å². The molecule has 4 heteroatoms. The number of aliphatic hydroxyl groups excluding tert-OH is 1. The molecule has 2 heterocycles. The lowest BCUT2D eigenvalue weighted by Crippen LogP contribution is -2.26. The standard InChI is InChI=1S/C14H18N2OS/c1-9-8-18-13(15-9)16-5-4-10-11(16)6-14(2,3)7-12(10)17/h4-5,8,12,17H,6-7H2,1-3H3. The van der Waals surface area contributed by atoms with Gasteiger partial charge in [-0.05, 0) is 31.2 Å². The van der Waals surface area contributed by atoms with Crippen molar-refractivity contribution in [1.82, 2.24) is 9.55 Å². The molecule has 1 unspecified atom stereocenters. The monoisotopic (exact) mass is 262 g/mol. The SMILES string of the molecule is Cc1csc(-n2ccc3c2CC(C)(C)CC3O)n1. The highest BCUT2D eigenvalue weighted by atomic mass is 32.1. The van der Waals surface area contributed by atoms with Gasteiger partial charge in [0.15, 0.2) is 5.13 Å². The maximum atomic E-state index is 10.2. The molecule has 2 aromatic rings. The maximum absolute atomic E-state index is 10.2. The van der Waals surface area contributed by atoms with Crippen LogP contribution in [0.5, 0.6) is 0 Å². The third-order valence-electron chi connectivity index (χ3n) is 3.59. The van der Waals surface area contributed by atoms with E-state index in [1.807, 2.05) is 19.2 Å². The molecule has 0 fully saturated rings. The first-order chi connectivity index (χ1) is 8.46. The first-order valence-corrected chi connectivity index (χ1v) is 7.15. The van der Waals surface area contributed by atoms with Crippen LogP contribution in [0.25, 0.3) is 5.13 Å². The Morgan fingerprint density at radius 2 is 2.28 bits per heavy atom. The van der Waals surface area contributed by atoms with Crippen LogP contribution in [0.2, 0.25) is 0 Å². The number of rotatable bonds is 1. The molecule has 0 aromatic carbocycles. The minimum absolute atomic E-state index is 0.148. The van der Waals surface area contributed by atoms with Gasteiger partial charge in [0.05, 0.1) is 11.8 Å². The predicted octanol–water partition coefficient (Wildman–Crippen LogP) is 3.25. The summed E-state index contributed by atoms with van der Waals surface area (Å²) in [6.45, 7) is 6.43. The smallest absolute Gasteiger partial charge is 0.193 e. The fourth-order valence-electron chi connectivity index (χ4n) is 2.76. The lowest BCUT2D eigenvalue weighted by atomic mass is 9.75. The van der Waals surface area contributed by atoms with Crippen LogP contribution in [-0.4, -0.2) is 14.7 Å². The summed E-state index contributed by atoms with van der Waals surface area (Å²) < 4.78 is 2.14. The van der Waals surface area contributed by atoms with Crippen LogP contribution in [-0.2, 0) is 6.42 Å². The number of thiazole rings is 1. The normalized spacial score (nSPS) is 21.9. The Morgan fingerprint density at radius 1 is 1.50 bits per heavy atom. The van der Waals surface area contributed by atoms with Crippen molar-refractivity contribution in [2.45, 2.75) is 39.7 Å². The van der Waals surface area contributed by atoms with E-state index < -0.39 is 0 Å². The third-order valence-corrected chi connectivity index (χ3v) is 4.55. The summed E-state index contributed by atoms with van der Waals surface area (Å²) in [6.07, 6.45) is 3.52. The molecule has 0 radical (unpaired) electrons. The zero-order valence-electron chi connectivity index (χ0n) is 11.0. The van der Waals surface area contributed by atoms with Crippen molar-refractivity contribution < 1.29 is 5.11 Å². The van der Waals surface area contributed by atoms with E-state index in [1.54, 1.807) is 11.3 Å². The third kappa shape index (κ3) is 1.89. The summed E-state index contributed by atoms with van der Waals surface area (Å²) in [4.78, 5) is 4.53. The molecule has 0 amide bonds. The molecule has 96 valence electrons. The van der Waals surface area contributed by atoms with Crippen LogP contribution < -0.4 is 0 Å². The number of nitrogens with zero attached hydrogens (tertiary/aromatic N) is 2. The van der Waals surface area contributed by atoms with Crippen LogP contribution >= 0.6 is 11.3 Å². The number of hydrogen-bond donors (Lipinski definition) is 1. The average Bonchev–Trinajstić information content (AvgIpc) is 2.82. The molecule has 3 nitrogen and oxygen atoms in total. The summed E-state index contributed by atoms with van der Waals surface area (Å²) in [7, 11) is 0. The van der Waals surface area contributed by atoms with Crippen LogP contribution in [0.3, 0.4) is 0 Å². The molecule has 1 atom stereocenters. The lowest BCUT2D eigenvalue weighted by molar-refractivity contribution is 0.0987. The molecule has 0 bridgehead atoms. The van der Waals surface area contributed by atoms with Gasteiger partial charge in [-0.1, -0.05) is 13.8 Å². The van der Waals surface area contributed by atoms with E-state index in [-0.39, 0.29) is 11.5 Å². The molecule has 3 rings (SSSR count). The Bertz CT molecular complexity index is 582. The van der Waals surface area contributed by atoms with Crippen LogP contribution in [0.4, 0.5) is 0 Å². The Labute approximate surface area is 111 Å². The van der Waals surface area contributed by atoms with Gasteiger partial charge in [-0.15, -0.1) is 11.3 Å². The van der Waals surface area contributed by atoms with Crippen molar-refractivity contribution in [2.75, 3.05) is 0 Å². The summed E-state index contributed by atoms with van der Waals surface area (Å²) in [5.74, 6) is 0. The number of aryl methyl sites for hydroxylation is 1. The zero-order chi connectivity index (χ0) is 12.9. The predicted molar refractivity (Wildman–Crippen MR) is 73.2 cm³/mol. The number of aromatic nitrogens is 2. The Hall–Kier alpha value is -1.13. The molecule has 1 N–H and O–H groups in total. The van der Waals surface area contributed by atoms with E-state index in [0.29, 0.717) is 0 Å². The molecule has 0 aliphatic heterocycles. The van der Waals surface area contributed by atoms with Crippen molar-refractivity contribution >= 4 is 11.3 Å². The summed E-state index contributed by atoms with van der Waals surface area (Å²) in [5, 5.41) is 13.3. The highest BCUT2D eigenvalue weighted by molar-refractivity contribution is 7.12. The zero-order valence-corrected chi connectivity index (χ0v) is 11.8. The highest BCUT2D eigenvalue weighted by Crippen LogP contribution is 2.41. The largest absolute Gasteiger partial charge is 0.388 e. The topological polar surface area (TPSA) is 38.0 Å². The van der Waals surface area contributed by atoms with Gasteiger partial charge in [-0.25, -0.2) is 4.98 Å². The summed E-state index contributed by atoms with van der Waals surface area (Å²) in [5.41, 5.74) is 3.48. The quantitative estimate of drug-likeness (QED) is 0.856. The van der Waals surface area contributed by atoms with Gasteiger partial charge in [-0.2, -0.15) is 0 Å². The Balaban J connectivity index is 2.10. The second kappa shape index (κ2) is 3.93. The van der Waals surface area contributed by atoms with E-state index in [4.69, 9.17) is 0 Å². The Kier molecular flexibility index (Phi) is 2.61. The van der Waals surface area contributed by atoms with Crippen LogP contribution in [0.15, 0.2) is 17.6 Å². The molecule has 1 aliphatic carbocycles. The minimum atomic E-state index is -0.342. The maximum Gasteiger partial charge on any atom is 0.193 e. The van der Waals surface area contributed by atoms with E-state index in [1.165, 1.54) is 5.69 Å². The van der Waals surface area contributed by atoms with Gasteiger partial charge >= 0.3 is 0 Å². The molecule has 1 aliphatic rings. The second-order valence-electron chi connectivity index (χ2n) is 5.92. The van der Waals surface area contributed by atoms with Gasteiger partial charge in [0.25, 0.3) is 0 Å². The van der Waals surface area contributed by atoms with Crippen LogP contribution in [0.1, 0.15) is 43.3 Å². The Morgan fingerprint density at radius 3 is 2.94 bits per heavy atom. The van der Waals surface area contributed by atoms with Crippen LogP contribution in [0, 0.1) is 12.3 Å². The van der Waals surface area contributed by atoms with E-state index in [9.17, 15) is 5.11 Å². The summed E-state index contributed by atoms with van der Waals surface area (Å²) in [6, 6.07) is 2.03. The first kappa shape index (κ1) is 11.9. The van der Waals surface area contributed by atoms with E-state index in [2.05, 4.69) is 28.8 Å². The number of fused-ring (bicyclic) bond motifs is 1. The first-order valence-electron chi connectivity index (χ1n) is 6.27. The van der Waals surface area contributed by atoms with Gasteiger partial charge in [0, 0.05) is 22.8 Å². The van der Waals surface area contributed by atoms with Crippen molar-refractivity contribution in [3.05, 3.63) is 34.6 Å². The fraction of sp³-hybridized carbons (Fsp3) is 0.500. The molecule has 0 saturated carbocycles. The molecule has 0 saturated heterocycles. The van der Waals surface area contributed by atoms with Crippen molar-refractivity contribution in [1.29, 1.82) is 0 Å². The number of aliphatic hydroxyl groups is 1. The number of hydrogen-bond acceptors (Lipinski definition) is 3. The van der Waals surface area contributed by atoms with Gasteiger partial charge in [0.2, 0.25) is 0 Å².